The molecule has 37 heavy (non-hydrogen) atoms. The zero-order valence-corrected chi connectivity index (χ0v) is 21.7. The summed E-state index contributed by atoms with van der Waals surface area (Å²) in [7, 11) is 3.34. The summed E-state index contributed by atoms with van der Waals surface area (Å²) >= 11 is 6.43. The molecule has 4 heterocycles. The molecule has 4 aromatic rings. The Morgan fingerprint density at radius 2 is 2.05 bits per heavy atom. The van der Waals surface area contributed by atoms with Crippen LogP contribution >= 0.6 is 11.6 Å². The molecular weight excluding hydrogens is 499 g/mol. The Morgan fingerprint density at radius 3 is 2.76 bits per heavy atom. The Balaban J connectivity index is 1.35. The zero-order valence-electron chi connectivity index (χ0n) is 20.9. The molecule has 1 saturated heterocycles. The molecule has 10 nitrogen and oxygen atoms in total. The number of hydrogen-bond acceptors (Lipinski definition) is 8. The average molecular weight is 527 g/mol. The molecule has 3 aromatic heterocycles. The predicted molar refractivity (Wildman–Crippen MR) is 139 cm³/mol. The number of fused-ring (bicyclic) bond motifs is 1. The molecule has 1 N–H and O–H groups in total. The van der Waals surface area contributed by atoms with Crippen molar-refractivity contribution >= 4 is 46.1 Å². The number of halogens is 2. The van der Waals surface area contributed by atoms with Crippen LogP contribution in [0, 0.1) is 5.82 Å². The summed E-state index contributed by atoms with van der Waals surface area (Å²) < 4.78 is 22.5. The van der Waals surface area contributed by atoms with Crippen molar-refractivity contribution in [3.63, 3.8) is 0 Å². The van der Waals surface area contributed by atoms with Crippen LogP contribution in [-0.4, -0.2) is 62.7 Å². The van der Waals surface area contributed by atoms with Gasteiger partial charge in [-0.2, -0.15) is 4.98 Å². The normalized spacial score (nSPS) is 14.4. The lowest BCUT2D eigenvalue weighted by Crippen LogP contribution is -2.34. The van der Waals surface area contributed by atoms with Crippen molar-refractivity contribution in [3.8, 4) is 0 Å². The van der Waals surface area contributed by atoms with Crippen molar-refractivity contribution < 1.29 is 13.7 Å². The Kier molecular flexibility index (Phi) is 6.96. The summed E-state index contributed by atoms with van der Waals surface area (Å²) in [5, 5.41) is 7.77. The van der Waals surface area contributed by atoms with Gasteiger partial charge in [0.25, 0.3) is 5.91 Å². The largest absolute Gasteiger partial charge is 0.345 e. The highest BCUT2D eigenvalue weighted by Crippen LogP contribution is 2.34. The van der Waals surface area contributed by atoms with E-state index in [4.69, 9.17) is 16.1 Å². The molecule has 5 rings (SSSR count). The van der Waals surface area contributed by atoms with E-state index in [2.05, 4.69) is 37.2 Å². The molecule has 1 aliphatic rings. The van der Waals surface area contributed by atoms with E-state index in [1.807, 2.05) is 4.57 Å². The number of carbonyl (C=O) groups excluding carboxylic acids is 1. The SMILES string of the molecule is CCCc1noc(N2CCC(n3cc(F)c4c(Nc5ccc(C(=O)N(C)C)cc5Cl)ncnc43)CC2)n1. The van der Waals surface area contributed by atoms with E-state index in [0.717, 1.165) is 25.7 Å². The zero-order chi connectivity index (χ0) is 26.1. The molecule has 1 fully saturated rings. The highest BCUT2D eigenvalue weighted by molar-refractivity contribution is 6.33. The summed E-state index contributed by atoms with van der Waals surface area (Å²) in [6, 6.07) is 5.52. The van der Waals surface area contributed by atoms with Crippen LogP contribution in [0.2, 0.25) is 5.02 Å². The van der Waals surface area contributed by atoms with Gasteiger partial charge in [-0.15, -0.1) is 0 Å². The molecule has 0 bridgehead atoms. The Morgan fingerprint density at radius 1 is 1.27 bits per heavy atom. The standard InChI is InChI=1S/C25H28ClFN8O2/c1-4-5-20-31-25(37-32-20)34-10-8-16(9-11-34)35-13-18(27)21-22(28-14-29-23(21)35)30-19-7-6-15(12-17(19)26)24(36)33(2)3/h6-7,12-14,16H,4-5,8-11H2,1-3H3,(H,28,29,30). The molecule has 1 aromatic carbocycles. The summed E-state index contributed by atoms with van der Waals surface area (Å²) in [6.45, 7) is 3.50. The number of nitrogens with one attached hydrogen (secondary N) is 1. The molecule has 12 heteroatoms. The monoisotopic (exact) mass is 526 g/mol. The summed E-state index contributed by atoms with van der Waals surface area (Å²) in [6.07, 6.45) is 6.18. The first-order valence-corrected chi connectivity index (χ1v) is 12.6. The molecule has 0 saturated carbocycles. The van der Waals surface area contributed by atoms with E-state index in [1.165, 1.54) is 17.4 Å². The molecule has 194 valence electrons. The molecule has 0 radical (unpaired) electrons. The number of aromatic nitrogens is 5. The van der Waals surface area contributed by atoms with Gasteiger partial charge in [0.2, 0.25) is 0 Å². The fourth-order valence-corrected chi connectivity index (χ4v) is 4.81. The first-order chi connectivity index (χ1) is 17.9. The summed E-state index contributed by atoms with van der Waals surface area (Å²) in [5.41, 5.74) is 1.48. The fraction of sp³-hybridized carbons (Fsp3) is 0.400. The van der Waals surface area contributed by atoms with Crippen molar-refractivity contribution in [2.75, 3.05) is 37.4 Å². The maximum absolute atomic E-state index is 15.2. The minimum absolute atomic E-state index is 0.0592. The second-order valence-corrected chi connectivity index (χ2v) is 9.69. The van der Waals surface area contributed by atoms with Crippen LogP contribution in [0.1, 0.15) is 48.4 Å². The highest BCUT2D eigenvalue weighted by Gasteiger charge is 2.27. The van der Waals surface area contributed by atoms with Gasteiger partial charge in [0.1, 0.15) is 17.8 Å². The lowest BCUT2D eigenvalue weighted by atomic mass is 10.1. The number of piperidine rings is 1. The van der Waals surface area contributed by atoms with Crippen LogP contribution < -0.4 is 10.2 Å². The van der Waals surface area contributed by atoms with Gasteiger partial charge in [-0.05, 0) is 37.5 Å². The van der Waals surface area contributed by atoms with Gasteiger partial charge in [-0.25, -0.2) is 14.4 Å². The van der Waals surface area contributed by atoms with E-state index >= 15 is 4.39 Å². The third-order valence-electron chi connectivity index (χ3n) is 6.50. The van der Waals surface area contributed by atoms with Crippen LogP contribution in [0.5, 0.6) is 0 Å². The van der Waals surface area contributed by atoms with Crippen molar-refractivity contribution in [1.82, 2.24) is 29.6 Å². The molecule has 0 atom stereocenters. The Labute approximate surface area is 218 Å². The fourth-order valence-electron chi connectivity index (χ4n) is 4.58. The Hall–Kier alpha value is -3.73. The van der Waals surface area contributed by atoms with Gasteiger partial charge in [-0.1, -0.05) is 23.7 Å². The first kappa shape index (κ1) is 24.9. The van der Waals surface area contributed by atoms with Crippen LogP contribution in [0.4, 0.5) is 21.9 Å². The number of carbonyl (C=O) groups is 1. The van der Waals surface area contributed by atoms with Gasteiger partial charge < -0.3 is 24.2 Å². The second-order valence-electron chi connectivity index (χ2n) is 9.29. The van der Waals surface area contributed by atoms with Crippen molar-refractivity contribution in [3.05, 3.63) is 53.0 Å². The van der Waals surface area contributed by atoms with Gasteiger partial charge >= 0.3 is 6.01 Å². The first-order valence-electron chi connectivity index (χ1n) is 12.2. The number of benzene rings is 1. The topological polar surface area (TPSA) is 105 Å². The third-order valence-corrected chi connectivity index (χ3v) is 6.81. The van der Waals surface area contributed by atoms with E-state index < -0.39 is 5.82 Å². The number of anilines is 3. The van der Waals surface area contributed by atoms with Crippen LogP contribution in [0.3, 0.4) is 0 Å². The number of rotatable bonds is 7. The highest BCUT2D eigenvalue weighted by atomic mass is 35.5. The lowest BCUT2D eigenvalue weighted by Gasteiger charge is -2.31. The van der Waals surface area contributed by atoms with Crippen LogP contribution in [0.15, 0.2) is 35.2 Å². The van der Waals surface area contributed by atoms with Gasteiger partial charge in [0, 0.05) is 51.4 Å². The molecule has 0 spiro atoms. The number of hydrogen-bond donors (Lipinski definition) is 1. The van der Waals surface area contributed by atoms with E-state index in [9.17, 15) is 4.79 Å². The number of amides is 1. The quantitative estimate of drug-likeness (QED) is 0.364. The number of nitrogens with zero attached hydrogens (tertiary/aromatic N) is 7. The maximum Gasteiger partial charge on any atom is 0.324 e. The summed E-state index contributed by atoms with van der Waals surface area (Å²) in [5.74, 6) is 0.445. The van der Waals surface area contributed by atoms with Crippen molar-refractivity contribution in [1.29, 1.82) is 0 Å². The average Bonchev–Trinajstić information content (AvgIpc) is 3.50. The number of aryl methyl sites for hydroxylation is 1. The lowest BCUT2D eigenvalue weighted by molar-refractivity contribution is 0.0827. The second kappa shape index (κ2) is 10.3. The predicted octanol–water partition coefficient (Wildman–Crippen LogP) is 4.85. The van der Waals surface area contributed by atoms with E-state index in [1.54, 1.807) is 32.3 Å². The van der Waals surface area contributed by atoms with E-state index in [-0.39, 0.29) is 17.3 Å². The van der Waals surface area contributed by atoms with Gasteiger partial charge in [-0.3, -0.25) is 4.79 Å². The van der Waals surface area contributed by atoms with Crippen LogP contribution in [0.25, 0.3) is 11.0 Å². The van der Waals surface area contributed by atoms with Crippen molar-refractivity contribution in [2.24, 2.45) is 0 Å². The molecule has 0 aliphatic carbocycles. The van der Waals surface area contributed by atoms with Crippen molar-refractivity contribution in [2.45, 2.75) is 38.6 Å². The summed E-state index contributed by atoms with van der Waals surface area (Å²) in [4.78, 5) is 28.9. The molecular formula is C25H28ClFN8O2. The smallest absolute Gasteiger partial charge is 0.324 e. The molecule has 1 aliphatic heterocycles. The van der Waals surface area contributed by atoms with Gasteiger partial charge in [0.05, 0.1) is 16.1 Å². The third kappa shape index (κ3) is 4.95. The minimum Gasteiger partial charge on any atom is -0.345 e. The minimum atomic E-state index is -0.419. The molecule has 0 unspecified atom stereocenters. The van der Waals surface area contributed by atoms with Gasteiger partial charge in [0.15, 0.2) is 11.6 Å². The van der Waals surface area contributed by atoms with Crippen LogP contribution in [-0.2, 0) is 6.42 Å². The van der Waals surface area contributed by atoms with E-state index in [0.29, 0.717) is 52.7 Å². The Bertz CT molecular complexity index is 1430. The molecule has 1 amide bonds. The maximum atomic E-state index is 15.2.